The fraction of sp³-hybridized carbons (Fsp3) is 0.160. The highest BCUT2D eigenvalue weighted by Gasteiger charge is 2.18. The number of carbonyl (C=O) groups is 1. The molecule has 0 saturated carbocycles. The first-order chi connectivity index (χ1) is 16.9. The maximum atomic E-state index is 12.7. The molecule has 2 aromatic heterocycles. The molecule has 9 nitrogen and oxygen atoms in total. The molecule has 0 fully saturated rings. The zero-order chi connectivity index (χ0) is 24.9. The van der Waals surface area contributed by atoms with Crippen molar-refractivity contribution in [3.63, 3.8) is 0 Å². The van der Waals surface area contributed by atoms with Crippen LogP contribution in [0.15, 0.2) is 65.5 Å². The summed E-state index contributed by atoms with van der Waals surface area (Å²) in [7, 11) is 0. The van der Waals surface area contributed by atoms with Gasteiger partial charge in [-0.05, 0) is 56.2 Å². The second-order valence-electron chi connectivity index (χ2n) is 7.81. The lowest BCUT2D eigenvalue weighted by Crippen LogP contribution is -2.32. The summed E-state index contributed by atoms with van der Waals surface area (Å²) < 4.78 is 3.05. The van der Waals surface area contributed by atoms with Crippen molar-refractivity contribution in [2.45, 2.75) is 19.8 Å². The molecule has 4 rings (SSSR count). The van der Waals surface area contributed by atoms with Gasteiger partial charge in [-0.25, -0.2) is 9.36 Å². The van der Waals surface area contributed by atoms with E-state index in [1.54, 1.807) is 31.2 Å². The van der Waals surface area contributed by atoms with E-state index >= 15 is 0 Å². The number of nitrogens with two attached hydrogens (primary N) is 1. The van der Waals surface area contributed by atoms with Crippen molar-refractivity contribution in [3.8, 4) is 17.4 Å². The lowest BCUT2D eigenvalue weighted by Gasteiger charge is -2.11. The third-order valence-electron chi connectivity index (χ3n) is 5.38. The molecule has 10 heteroatoms. The van der Waals surface area contributed by atoms with Crippen LogP contribution in [-0.4, -0.2) is 32.0 Å². The van der Waals surface area contributed by atoms with Gasteiger partial charge in [-0.3, -0.25) is 9.59 Å². The van der Waals surface area contributed by atoms with Gasteiger partial charge in [-0.1, -0.05) is 29.8 Å². The summed E-state index contributed by atoms with van der Waals surface area (Å²) in [5, 5.41) is 21.6. The van der Waals surface area contributed by atoms with E-state index in [0.29, 0.717) is 40.5 Å². The number of nitriles is 1. The number of carbonyl (C=O) groups excluding carboxylic acids is 1. The van der Waals surface area contributed by atoms with Crippen molar-refractivity contribution in [2.24, 2.45) is 0 Å². The van der Waals surface area contributed by atoms with E-state index in [9.17, 15) is 14.9 Å². The molecule has 0 spiro atoms. The first kappa shape index (κ1) is 23.7. The van der Waals surface area contributed by atoms with Gasteiger partial charge in [0.05, 0.1) is 17.1 Å². The Balaban J connectivity index is 1.44. The Labute approximate surface area is 206 Å². The van der Waals surface area contributed by atoms with Gasteiger partial charge in [-0.2, -0.15) is 15.5 Å². The molecule has 0 radical (unpaired) electrons. The zero-order valence-electron chi connectivity index (χ0n) is 18.9. The molecular formula is C25H22ClN7O2. The molecule has 35 heavy (non-hydrogen) atoms. The van der Waals surface area contributed by atoms with E-state index < -0.39 is 11.3 Å². The van der Waals surface area contributed by atoms with Gasteiger partial charge in [0, 0.05) is 23.3 Å². The van der Waals surface area contributed by atoms with Gasteiger partial charge in [0.2, 0.25) is 5.43 Å². The van der Waals surface area contributed by atoms with Crippen molar-refractivity contribution < 1.29 is 4.79 Å². The second kappa shape index (κ2) is 10.2. The predicted octanol–water partition coefficient (Wildman–Crippen LogP) is 3.20. The molecule has 0 atom stereocenters. The number of halogens is 1. The van der Waals surface area contributed by atoms with Crippen LogP contribution >= 0.6 is 11.6 Å². The molecule has 4 aromatic rings. The molecule has 176 valence electrons. The molecule has 0 aliphatic heterocycles. The number of rotatable bonds is 7. The minimum Gasteiger partial charge on any atom is -0.382 e. The Hall–Kier alpha value is -4.42. The van der Waals surface area contributed by atoms with E-state index in [0.717, 1.165) is 5.69 Å². The number of hydrogen-bond acceptors (Lipinski definition) is 6. The molecule has 0 aliphatic carbocycles. The molecule has 1 amide bonds. The van der Waals surface area contributed by atoms with Crippen molar-refractivity contribution >= 4 is 23.3 Å². The molecule has 0 bridgehead atoms. The number of aromatic nitrogens is 4. The quantitative estimate of drug-likeness (QED) is 0.385. The molecular weight excluding hydrogens is 466 g/mol. The van der Waals surface area contributed by atoms with Gasteiger partial charge in [0.25, 0.3) is 5.91 Å². The summed E-state index contributed by atoms with van der Waals surface area (Å²) in [5.41, 5.74) is 8.33. The molecule has 0 unspecified atom stereocenters. The van der Waals surface area contributed by atoms with Gasteiger partial charge < -0.3 is 11.1 Å². The number of hydrogen-bond donors (Lipinski definition) is 2. The Kier molecular flexibility index (Phi) is 6.94. The average Bonchev–Trinajstić information content (AvgIpc) is 3.18. The van der Waals surface area contributed by atoms with E-state index in [2.05, 4.69) is 21.6 Å². The van der Waals surface area contributed by atoms with Crippen LogP contribution in [0.25, 0.3) is 11.4 Å². The van der Waals surface area contributed by atoms with Crippen LogP contribution < -0.4 is 16.5 Å². The standard InChI is InChI=1S/C25H22ClN7O2/c1-16-14-22(34)23(31-32(16)19-11-9-17(26)10-12-19)25(35)29-13-5-8-21-20(15-27)24(28)33(30-21)18-6-3-2-4-7-18/h2-4,6-7,9-12,14H,5,8,13,28H2,1H3,(H,29,35). The van der Waals surface area contributed by atoms with E-state index in [1.807, 2.05) is 30.3 Å². The SMILES string of the molecule is Cc1cc(=O)c(C(=O)NCCCc2nn(-c3ccccc3)c(N)c2C#N)nn1-c1ccc(Cl)cc1. The summed E-state index contributed by atoms with van der Waals surface area (Å²) >= 11 is 5.95. The smallest absolute Gasteiger partial charge is 0.275 e. The minimum absolute atomic E-state index is 0.208. The fourth-order valence-corrected chi connectivity index (χ4v) is 3.76. The van der Waals surface area contributed by atoms with Crippen LogP contribution in [0.4, 0.5) is 5.82 Å². The first-order valence-electron chi connectivity index (χ1n) is 10.9. The van der Waals surface area contributed by atoms with Crippen molar-refractivity contribution in [3.05, 3.63) is 98.6 Å². The summed E-state index contributed by atoms with van der Waals surface area (Å²) in [5.74, 6) is -0.308. The second-order valence-corrected chi connectivity index (χ2v) is 8.25. The Bertz CT molecular complexity index is 1470. The highest BCUT2D eigenvalue weighted by Crippen LogP contribution is 2.21. The van der Waals surface area contributed by atoms with Gasteiger partial charge >= 0.3 is 0 Å². The number of nitrogens with one attached hydrogen (secondary N) is 1. The lowest BCUT2D eigenvalue weighted by atomic mass is 10.1. The predicted molar refractivity (Wildman–Crippen MR) is 133 cm³/mol. The summed E-state index contributed by atoms with van der Waals surface area (Å²) in [6.45, 7) is 2.00. The number of benzene rings is 2. The fourth-order valence-electron chi connectivity index (χ4n) is 3.63. The van der Waals surface area contributed by atoms with Gasteiger partial charge in [0.15, 0.2) is 5.69 Å². The third kappa shape index (κ3) is 5.08. The van der Waals surface area contributed by atoms with Crippen LogP contribution in [0.1, 0.15) is 33.9 Å². The van der Waals surface area contributed by atoms with Crippen molar-refractivity contribution in [1.29, 1.82) is 5.26 Å². The first-order valence-corrected chi connectivity index (χ1v) is 11.2. The minimum atomic E-state index is -0.576. The van der Waals surface area contributed by atoms with Gasteiger partial charge in [-0.15, -0.1) is 0 Å². The lowest BCUT2D eigenvalue weighted by molar-refractivity contribution is 0.0945. The Morgan fingerprint density at radius 1 is 1.09 bits per heavy atom. The molecule has 0 saturated heterocycles. The van der Waals surface area contributed by atoms with E-state index in [1.165, 1.54) is 15.4 Å². The third-order valence-corrected chi connectivity index (χ3v) is 5.63. The number of amides is 1. The summed E-state index contributed by atoms with van der Waals surface area (Å²) in [6.07, 6.45) is 0.909. The largest absolute Gasteiger partial charge is 0.382 e. The Morgan fingerprint density at radius 2 is 1.77 bits per heavy atom. The van der Waals surface area contributed by atoms with Crippen molar-refractivity contribution in [1.82, 2.24) is 24.9 Å². The van der Waals surface area contributed by atoms with Crippen LogP contribution in [0, 0.1) is 18.3 Å². The summed E-state index contributed by atoms with van der Waals surface area (Å²) in [4.78, 5) is 25.1. The summed E-state index contributed by atoms with van der Waals surface area (Å²) in [6, 6.07) is 19.7. The normalized spacial score (nSPS) is 10.7. The van der Waals surface area contributed by atoms with Gasteiger partial charge in [0.1, 0.15) is 17.5 Å². The monoisotopic (exact) mass is 487 g/mol. The zero-order valence-corrected chi connectivity index (χ0v) is 19.7. The average molecular weight is 488 g/mol. The highest BCUT2D eigenvalue weighted by atomic mass is 35.5. The number of nitrogens with zero attached hydrogens (tertiary/aromatic N) is 5. The molecule has 0 aliphatic rings. The van der Waals surface area contributed by atoms with E-state index in [4.69, 9.17) is 17.3 Å². The molecule has 2 aromatic carbocycles. The topological polar surface area (TPSA) is 132 Å². The number of para-hydroxylation sites is 1. The van der Waals surface area contributed by atoms with Crippen molar-refractivity contribution in [2.75, 3.05) is 12.3 Å². The maximum absolute atomic E-state index is 12.7. The molecule has 2 heterocycles. The van der Waals surface area contributed by atoms with Crippen LogP contribution in [0.5, 0.6) is 0 Å². The maximum Gasteiger partial charge on any atom is 0.275 e. The highest BCUT2D eigenvalue weighted by molar-refractivity contribution is 6.30. The number of anilines is 1. The number of nitrogen functional groups attached to an aromatic ring is 1. The Morgan fingerprint density at radius 3 is 2.46 bits per heavy atom. The van der Waals surface area contributed by atoms with E-state index in [-0.39, 0.29) is 18.1 Å². The number of aryl methyl sites for hydroxylation is 2. The van der Waals surface area contributed by atoms with Crippen LogP contribution in [-0.2, 0) is 6.42 Å². The molecule has 3 N–H and O–H groups in total. The van der Waals surface area contributed by atoms with Crippen LogP contribution in [0.2, 0.25) is 5.02 Å². The van der Waals surface area contributed by atoms with Crippen LogP contribution in [0.3, 0.4) is 0 Å².